The molecule has 2 aromatic rings. The van der Waals surface area contributed by atoms with Gasteiger partial charge < -0.3 is 9.57 Å². The van der Waals surface area contributed by atoms with Crippen molar-refractivity contribution in [2.45, 2.75) is 27.4 Å². The first kappa shape index (κ1) is 16.6. The Kier molecular flexibility index (Phi) is 5.76. The van der Waals surface area contributed by atoms with Crippen molar-refractivity contribution in [1.29, 1.82) is 5.26 Å². The quantitative estimate of drug-likeness (QED) is 0.595. The van der Waals surface area contributed by atoms with Gasteiger partial charge in [0.2, 0.25) is 0 Å². The summed E-state index contributed by atoms with van der Waals surface area (Å²) in [5, 5.41) is 13.2. The van der Waals surface area contributed by atoms with Crippen LogP contribution in [0.2, 0.25) is 0 Å². The van der Waals surface area contributed by atoms with Gasteiger partial charge in [-0.15, -0.1) is 0 Å². The fourth-order valence-corrected chi connectivity index (χ4v) is 2.15. The van der Waals surface area contributed by atoms with Crippen molar-refractivity contribution in [3.8, 4) is 11.8 Å². The number of oxime groups is 1. The van der Waals surface area contributed by atoms with Gasteiger partial charge in [0, 0.05) is 5.56 Å². The molecule has 0 radical (unpaired) electrons. The first-order valence-corrected chi connectivity index (χ1v) is 7.54. The second-order valence-electron chi connectivity index (χ2n) is 5.18. The Balaban J connectivity index is 2.24. The molecule has 0 aliphatic rings. The molecule has 2 aromatic carbocycles. The van der Waals surface area contributed by atoms with Crippen LogP contribution in [0, 0.1) is 25.2 Å². The number of benzene rings is 2. The van der Waals surface area contributed by atoms with E-state index in [9.17, 15) is 5.26 Å². The molecule has 0 amide bonds. The van der Waals surface area contributed by atoms with Crippen LogP contribution in [0.3, 0.4) is 0 Å². The molecule has 4 nitrogen and oxygen atoms in total. The van der Waals surface area contributed by atoms with E-state index in [-0.39, 0.29) is 5.71 Å². The minimum atomic E-state index is 0.256. The maximum absolute atomic E-state index is 9.29. The van der Waals surface area contributed by atoms with Crippen LogP contribution in [0.15, 0.2) is 47.6 Å². The highest BCUT2D eigenvalue weighted by atomic mass is 16.6. The molecular formula is C19H20N2O2. The van der Waals surface area contributed by atoms with Gasteiger partial charge in [0.1, 0.15) is 25.0 Å². The van der Waals surface area contributed by atoms with Crippen LogP contribution >= 0.6 is 0 Å². The molecule has 0 spiro atoms. The zero-order chi connectivity index (χ0) is 16.7. The van der Waals surface area contributed by atoms with Crippen LogP contribution in [-0.4, -0.2) is 12.3 Å². The van der Waals surface area contributed by atoms with Crippen LogP contribution < -0.4 is 4.74 Å². The highest BCUT2D eigenvalue weighted by molar-refractivity contribution is 6.12. The van der Waals surface area contributed by atoms with E-state index < -0.39 is 0 Å². The zero-order valence-corrected chi connectivity index (χ0v) is 13.7. The van der Waals surface area contributed by atoms with E-state index in [1.165, 1.54) is 0 Å². The highest BCUT2D eigenvalue weighted by Crippen LogP contribution is 2.21. The fraction of sp³-hybridized carbons (Fsp3) is 0.263. The molecule has 0 saturated carbocycles. The Morgan fingerprint density at radius 3 is 2.70 bits per heavy atom. The smallest absolute Gasteiger partial charge is 0.187 e. The Hall–Kier alpha value is -2.80. The molecule has 4 heteroatoms. The lowest BCUT2D eigenvalue weighted by atomic mass is 10.0. The lowest BCUT2D eigenvalue weighted by Crippen LogP contribution is -2.07. The van der Waals surface area contributed by atoms with E-state index in [1.807, 2.05) is 57.2 Å². The summed E-state index contributed by atoms with van der Waals surface area (Å²) in [5.41, 5.74) is 4.11. The van der Waals surface area contributed by atoms with Crippen LogP contribution in [-0.2, 0) is 11.4 Å². The van der Waals surface area contributed by atoms with E-state index in [4.69, 9.17) is 9.57 Å². The monoisotopic (exact) mass is 308 g/mol. The van der Waals surface area contributed by atoms with Crippen molar-refractivity contribution >= 4 is 5.71 Å². The average molecular weight is 308 g/mol. The Morgan fingerprint density at radius 2 is 1.96 bits per heavy atom. The van der Waals surface area contributed by atoms with Crippen molar-refractivity contribution in [1.82, 2.24) is 0 Å². The molecule has 118 valence electrons. The molecule has 23 heavy (non-hydrogen) atoms. The summed E-state index contributed by atoms with van der Waals surface area (Å²) >= 11 is 0. The molecular weight excluding hydrogens is 288 g/mol. The molecule has 0 unspecified atom stereocenters. The lowest BCUT2D eigenvalue weighted by molar-refractivity contribution is 0.159. The summed E-state index contributed by atoms with van der Waals surface area (Å²) in [6.45, 7) is 6.66. The summed E-state index contributed by atoms with van der Waals surface area (Å²) in [4.78, 5) is 5.02. The maximum atomic E-state index is 9.29. The Labute approximate surface area is 137 Å². The normalized spacial score (nSPS) is 11.0. The van der Waals surface area contributed by atoms with E-state index in [2.05, 4.69) is 17.3 Å². The van der Waals surface area contributed by atoms with Crippen molar-refractivity contribution < 1.29 is 9.57 Å². The van der Waals surface area contributed by atoms with Crippen LogP contribution in [0.4, 0.5) is 0 Å². The fourth-order valence-electron chi connectivity index (χ4n) is 2.15. The predicted molar refractivity (Wildman–Crippen MR) is 90.5 cm³/mol. The third kappa shape index (κ3) is 4.33. The number of nitrogens with zero attached hydrogens (tertiary/aromatic N) is 2. The number of rotatable bonds is 6. The molecule has 0 saturated heterocycles. The van der Waals surface area contributed by atoms with Crippen molar-refractivity contribution in [2.75, 3.05) is 6.61 Å². The standard InChI is InChI=1S/C19H20N2O2/c1-4-23-21-18(12-20)17-8-6-5-7-16(17)13-22-19-11-14(2)9-10-15(19)3/h5-11H,4,13H2,1-3H3. The third-order valence-electron chi connectivity index (χ3n) is 3.39. The van der Waals surface area contributed by atoms with Crippen molar-refractivity contribution in [3.05, 3.63) is 64.7 Å². The number of hydrogen-bond donors (Lipinski definition) is 0. The minimum absolute atomic E-state index is 0.256. The summed E-state index contributed by atoms with van der Waals surface area (Å²) in [6, 6.07) is 15.8. The molecule has 0 aliphatic carbocycles. The van der Waals surface area contributed by atoms with E-state index in [0.717, 1.165) is 28.0 Å². The second kappa shape index (κ2) is 8.00. The molecule has 0 aliphatic heterocycles. The first-order chi connectivity index (χ1) is 11.2. The van der Waals surface area contributed by atoms with Gasteiger partial charge in [0.15, 0.2) is 5.71 Å². The summed E-state index contributed by atoms with van der Waals surface area (Å²) < 4.78 is 5.94. The van der Waals surface area contributed by atoms with Gasteiger partial charge in [-0.25, -0.2) is 0 Å². The van der Waals surface area contributed by atoms with Gasteiger partial charge >= 0.3 is 0 Å². The maximum Gasteiger partial charge on any atom is 0.187 e. The van der Waals surface area contributed by atoms with E-state index in [0.29, 0.717) is 13.2 Å². The van der Waals surface area contributed by atoms with Gasteiger partial charge in [0.25, 0.3) is 0 Å². The number of nitriles is 1. The first-order valence-electron chi connectivity index (χ1n) is 7.54. The zero-order valence-electron chi connectivity index (χ0n) is 13.7. The van der Waals surface area contributed by atoms with Crippen LogP contribution in [0.1, 0.15) is 29.2 Å². The highest BCUT2D eigenvalue weighted by Gasteiger charge is 2.10. The van der Waals surface area contributed by atoms with E-state index >= 15 is 0 Å². The molecule has 0 bridgehead atoms. The second-order valence-corrected chi connectivity index (χ2v) is 5.18. The third-order valence-corrected chi connectivity index (χ3v) is 3.39. The summed E-state index contributed by atoms with van der Waals surface area (Å²) in [5.74, 6) is 0.847. The van der Waals surface area contributed by atoms with Gasteiger partial charge in [-0.3, -0.25) is 0 Å². The van der Waals surface area contributed by atoms with Crippen LogP contribution in [0.5, 0.6) is 5.75 Å². The Morgan fingerprint density at radius 1 is 1.17 bits per heavy atom. The predicted octanol–water partition coefficient (Wildman–Crippen LogP) is 4.15. The van der Waals surface area contributed by atoms with Crippen molar-refractivity contribution in [2.24, 2.45) is 5.16 Å². The molecule has 0 N–H and O–H groups in total. The molecule has 2 rings (SSSR count). The van der Waals surface area contributed by atoms with Gasteiger partial charge in [-0.2, -0.15) is 5.26 Å². The molecule has 0 aromatic heterocycles. The molecule has 0 heterocycles. The minimum Gasteiger partial charge on any atom is -0.489 e. The summed E-state index contributed by atoms with van der Waals surface area (Å²) in [6.07, 6.45) is 0. The number of ether oxygens (including phenoxy) is 1. The molecule has 0 fully saturated rings. The number of aryl methyl sites for hydroxylation is 2. The van der Waals surface area contributed by atoms with Gasteiger partial charge in [-0.1, -0.05) is 41.6 Å². The summed E-state index contributed by atoms with van der Waals surface area (Å²) in [7, 11) is 0. The van der Waals surface area contributed by atoms with Gasteiger partial charge in [-0.05, 0) is 43.5 Å². The topological polar surface area (TPSA) is 54.6 Å². The average Bonchev–Trinajstić information content (AvgIpc) is 2.57. The van der Waals surface area contributed by atoms with Crippen molar-refractivity contribution in [3.63, 3.8) is 0 Å². The SMILES string of the molecule is CCON=C(C#N)c1ccccc1COc1cc(C)ccc1C. The van der Waals surface area contributed by atoms with Crippen LogP contribution in [0.25, 0.3) is 0 Å². The molecule has 0 atom stereocenters. The van der Waals surface area contributed by atoms with E-state index in [1.54, 1.807) is 0 Å². The number of hydrogen-bond acceptors (Lipinski definition) is 4. The van der Waals surface area contributed by atoms with Gasteiger partial charge in [0.05, 0.1) is 0 Å². The lowest BCUT2D eigenvalue weighted by Gasteiger charge is -2.12. The Bertz CT molecular complexity index is 745. The largest absolute Gasteiger partial charge is 0.489 e.